The SMILES string of the molecule is CC[Si](CC)(CC)OC(C(=O)O[C@@H](C)/C(C)=C1/[C@H](O)[C@H](O)[C@]2(C)[C@@H](O[Si](CC)(CC)CC)C[C@H]3OC[C@@]3(OC(C)=O)[C@H]2[C@H](OC(=O)c2ccccc2)[C@@](C)(O)C1(C)C)[C@@H](C)CC(C)C. The fourth-order valence-corrected chi connectivity index (χ4v) is 17.3. The summed E-state index contributed by atoms with van der Waals surface area (Å²) in [5, 5.41) is 39.8. The summed E-state index contributed by atoms with van der Waals surface area (Å²) in [6.45, 7) is 30.5. The van der Waals surface area contributed by atoms with Crippen LogP contribution in [0.3, 0.4) is 0 Å². The maximum Gasteiger partial charge on any atom is 0.338 e. The van der Waals surface area contributed by atoms with E-state index in [9.17, 15) is 29.7 Å². The summed E-state index contributed by atoms with van der Waals surface area (Å²) in [4.78, 5) is 42.1. The van der Waals surface area contributed by atoms with Crippen LogP contribution in [0.25, 0.3) is 0 Å². The van der Waals surface area contributed by atoms with Gasteiger partial charge in [-0.2, -0.15) is 0 Å². The third kappa shape index (κ3) is 9.91. The second-order valence-corrected chi connectivity index (χ2v) is 30.1. The van der Waals surface area contributed by atoms with Crippen molar-refractivity contribution in [2.75, 3.05) is 6.61 Å². The summed E-state index contributed by atoms with van der Waals surface area (Å²) in [5.41, 5.74) is -5.69. The van der Waals surface area contributed by atoms with Crippen LogP contribution in [0.5, 0.6) is 0 Å². The zero-order valence-corrected chi connectivity index (χ0v) is 44.0. The van der Waals surface area contributed by atoms with Crippen molar-refractivity contribution in [3.05, 3.63) is 47.0 Å². The first-order chi connectivity index (χ1) is 29.8. The molecule has 2 saturated carbocycles. The Kier molecular flexibility index (Phi) is 17.6. The molecule has 0 aromatic heterocycles. The number of aliphatic hydroxyl groups is 3. The number of rotatable bonds is 19. The zero-order chi connectivity index (χ0) is 48.4. The van der Waals surface area contributed by atoms with Crippen LogP contribution in [0.4, 0.5) is 0 Å². The maximum atomic E-state index is 14.5. The molecule has 2 aliphatic carbocycles. The number of fused-ring (bicyclic) bond motifs is 3. The molecule has 0 amide bonds. The molecule has 364 valence electrons. The highest BCUT2D eigenvalue weighted by atomic mass is 28.4. The minimum Gasteiger partial charge on any atom is -0.456 e. The van der Waals surface area contributed by atoms with Crippen molar-refractivity contribution < 1.29 is 57.5 Å². The lowest BCUT2D eigenvalue weighted by molar-refractivity contribution is -0.360. The van der Waals surface area contributed by atoms with Gasteiger partial charge in [0.1, 0.15) is 36.1 Å². The third-order valence-corrected chi connectivity index (χ3v) is 25.8. The van der Waals surface area contributed by atoms with E-state index in [1.54, 1.807) is 71.9 Å². The van der Waals surface area contributed by atoms with Crippen molar-refractivity contribution in [2.24, 2.45) is 28.6 Å². The largest absolute Gasteiger partial charge is 0.456 e. The molecule has 1 aromatic rings. The van der Waals surface area contributed by atoms with E-state index in [0.29, 0.717) is 11.5 Å². The van der Waals surface area contributed by atoms with E-state index in [1.807, 2.05) is 6.92 Å². The highest BCUT2D eigenvalue weighted by molar-refractivity contribution is 6.74. The average Bonchev–Trinajstić information content (AvgIpc) is 3.24. The van der Waals surface area contributed by atoms with Gasteiger partial charge in [0.2, 0.25) is 0 Å². The number of benzene rings is 1. The van der Waals surface area contributed by atoms with Crippen LogP contribution in [-0.2, 0) is 37.4 Å². The predicted molar refractivity (Wildman–Crippen MR) is 254 cm³/mol. The molecule has 3 N–H and O–H groups in total. The van der Waals surface area contributed by atoms with Crippen LogP contribution in [0.15, 0.2) is 41.5 Å². The van der Waals surface area contributed by atoms with Gasteiger partial charge in [0.05, 0.1) is 30.3 Å². The van der Waals surface area contributed by atoms with E-state index in [1.165, 1.54) is 6.92 Å². The number of ether oxygens (including phenoxy) is 4. The Morgan fingerprint density at radius 3 is 1.86 bits per heavy atom. The van der Waals surface area contributed by atoms with Crippen molar-refractivity contribution in [1.82, 2.24) is 0 Å². The Hall–Kier alpha value is -2.44. The Balaban J connectivity index is 2.02. The molecular weight excluding hydrogens is 849 g/mol. The maximum absolute atomic E-state index is 14.5. The van der Waals surface area contributed by atoms with Crippen molar-refractivity contribution >= 4 is 34.5 Å². The summed E-state index contributed by atoms with van der Waals surface area (Å²) in [6, 6.07) is 13.4. The lowest BCUT2D eigenvalue weighted by Gasteiger charge is -2.69. The van der Waals surface area contributed by atoms with Crippen LogP contribution < -0.4 is 0 Å². The van der Waals surface area contributed by atoms with E-state index in [-0.39, 0.29) is 30.1 Å². The van der Waals surface area contributed by atoms with Crippen molar-refractivity contribution in [3.8, 4) is 0 Å². The minimum absolute atomic E-state index is 0.0910. The Labute approximate surface area is 386 Å². The highest BCUT2D eigenvalue weighted by Gasteiger charge is 2.77. The van der Waals surface area contributed by atoms with E-state index < -0.39 is 105 Å². The summed E-state index contributed by atoms with van der Waals surface area (Å²) in [7, 11) is -4.78. The quantitative estimate of drug-likeness (QED) is 0.0522. The second-order valence-electron chi connectivity index (χ2n) is 20.7. The number of aliphatic hydroxyl groups excluding tert-OH is 2. The zero-order valence-electron chi connectivity index (χ0n) is 42.0. The number of esters is 3. The fourth-order valence-electron chi connectivity index (χ4n) is 11.5. The lowest BCUT2D eigenvalue weighted by atomic mass is 9.46. The Bertz CT molecular complexity index is 1770. The van der Waals surface area contributed by atoms with Gasteiger partial charge in [0, 0.05) is 24.2 Å². The molecule has 1 unspecified atom stereocenters. The van der Waals surface area contributed by atoms with Crippen LogP contribution in [-0.4, -0.2) is 110 Å². The van der Waals surface area contributed by atoms with Gasteiger partial charge in [0.15, 0.2) is 22.2 Å². The van der Waals surface area contributed by atoms with Crippen LogP contribution >= 0.6 is 0 Å². The summed E-state index contributed by atoms with van der Waals surface area (Å²) >= 11 is 0. The van der Waals surface area contributed by atoms with Crippen LogP contribution in [0.2, 0.25) is 36.3 Å². The van der Waals surface area contributed by atoms with Crippen LogP contribution in [0, 0.1) is 28.6 Å². The standard InChI is InChI=1S/C50H84O12Si2/c1-17-63(18-2,19-3)61-37-29-38-50(30-57-38,60-35(12)51)42-44(59-45(54)36-26-24-23-25-27-36)49(16,56)47(13,14)39(40(52)43(53)48(37,42)15)33(10)34(11)58-46(55)41(32(9)28-31(7)8)62-64(20-4,21-5)22-6/h23-27,31-32,34,37-38,40-44,52-53,56H,17-22,28-30H2,1-16H3/b39-33-/t32-,34-,37-,38+,40-,41?,42-,43-,44-,48+,49+,50-/m0/s1. The van der Waals surface area contributed by atoms with Gasteiger partial charge in [-0.05, 0) is 98.6 Å². The molecule has 1 aromatic carbocycles. The smallest absolute Gasteiger partial charge is 0.338 e. The summed E-state index contributed by atoms with van der Waals surface area (Å²) in [6.07, 6.45) is -7.09. The number of hydrogen-bond donors (Lipinski definition) is 3. The molecular formula is C50H84O12Si2. The lowest BCUT2D eigenvalue weighted by Crippen LogP contribution is -2.82. The fraction of sp³-hybridized carbons (Fsp3) is 0.780. The van der Waals surface area contributed by atoms with Gasteiger partial charge in [-0.15, -0.1) is 0 Å². The minimum atomic E-state index is -2.50. The normalized spacial score (nSPS) is 32.7. The average molecular weight is 933 g/mol. The molecule has 1 aliphatic heterocycles. The first-order valence-electron chi connectivity index (χ1n) is 24.2. The van der Waals surface area contributed by atoms with Gasteiger partial charge < -0.3 is 43.1 Å². The van der Waals surface area contributed by atoms with E-state index in [0.717, 1.165) is 42.7 Å². The molecule has 12 atom stereocenters. The monoisotopic (exact) mass is 933 g/mol. The Morgan fingerprint density at radius 1 is 0.844 bits per heavy atom. The molecule has 64 heavy (non-hydrogen) atoms. The molecule has 4 rings (SSSR count). The van der Waals surface area contributed by atoms with Gasteiger partial charge in [0.25, 0.3) is 0 Å². The molecule has 14 heteroatoms. The van der Waals surface area contributed by atoms with Gasteiger partial charge in [-0.1, -0.05) is 101 Å². The van der Waals surface area contributed by atoms with Gasteiger partial charge in [-0.25, -0.2) is 9.59 Å². The van der Waals surface area contributed by atoms with E-state index in [2.05, 4.69) is 55.4 Å². The van der Waals surface area contributed by atoms with Gasteiger partial charge in [-0.3, -0.25) is 4.79 Å². The molecule has 12 nitrogen and oxygen atoms in total. The molecule has 0 radical (unpaired) electrons. The van der Waals surface area contributed by atoms with E-state index in [4.69, 9.17) is 27.8 Å². The molecule has 1 heterocycles. The third-order valence-electron chi connectivity index (χ3n) is 16.5. The van der Waals surface area contributed by atoms with Crippen molar-refractivity contribution in [1.29, 1.82) is 0 Å². The first kappa shape index (κ1) is 54.2. The Morgan fingerprint density at radius 2 is 1.39 bits per heavy atom. The molecule has 3 fully saturated rings. The van der Waals surface area contributed by atoms with Crippen molar-refractivity contribution in [2.45, 2.75) is 214 Å². The van der Waals surface area contributed by atoms with Crippen molar-refractivity contribution in [3.63, 3.8) is 0 Å². The summed E-state index contributed by atoms with van der Waals surface area (Å²) in [5.74, 6) is -2.80. The molecule has 1 saturated heterocycles. The van der Waals surface area contributed by atoms with E-state index >= 15 is 0 Å². The van der Waals surface area contributed by atoms with Gasteiger partial charge >= 0.3 is 17.9 Å². The predicted octanol–water partition coefficient (Wildman–Crippen LogP) is 9.16. The first-order valence-corrected chi connectivity index (χ1v) is 29.3. The molecule has 0 spiro atoms. The van der Waals surface area contributed by atoms with Crippen LogP contribution in [0.1, 0.15) is 134 Å². The number of carbonyl (C=O) groups is 3. The topological polar surface area (TPSA) is 167 Å². The highest BCUT2D eigenvalue weighted by Crippen LogP contribution is 2.64. The number of carbonyl (C=O) groups excluding carboxylic acids is 3. The summed E-state index contributed by atoms with van der Waals surface area (Å²) < 4.78 is 39.8. The molecule has 0 bridgehead atoms. The number of hydrogen-bond acceptors (Lipinski definition) is 12. The molecule has 3 aliphatic rings. The second kappa shape index (κ2) is 20.8.